The van der Waals surface area contributed by atoms with Crippen LogP contribution in [0.1, 0.15) is 52.9 Å². The Morgan fingerprint density at radius 1 is 0.739 bits per heavy atom. The highest BCUT2D eigenvalue weighted by molar-refractivity contribution is 5.17. The summed E-state index contributed by atoms with van der Waals surface area (Å²) in [6.07, 6.45) is 29.4. The van der Waals surface area contributed by atoms with Gasteiger partial charge in [0.2, 0.25) is 0 Å². The average molecular weight is 315 g/mol. The molecule has 0 aromatic rings. The summed E-state index contributed by atoms with van der Waals surface area (Å²) in [6.45, 7) is 6.54. The molecule has 0 aromatic heterocycles. The van der Waals surface area contributed by atoms with Gasteiger partial charge in [0.05, 0.1) is 6.10 Å². The molecule has 0 saturated carbocycles. The largest absolute Gasteiger partial charge is 0.385 e. The lowest BCUT2D eigenvalue weighted by molar-refractivity contribution is 0.271. The Hall–Kier alpha value is -1.60. The van der Waals surface area contributed by atoms with E-state index in [1.54, 1.807) is 12.2 Å². The number of hydrogen-bond acceptors (Lipinski definition) is 1. The second-order valence-electron chi connectivity index (χ2n) is 5.75. The fraction of sp³-hybridized carbons (Fsp3) is 0.455. The molecule has 1 N–H and O–H groups in total. The minimum Gasteiger partial charge on any atom is -0.385 e. The van der Waals surface area contributed by atoms with Gasteiger partial charge in [0.15, 0.2) is 0 Å². The molecule has 0 aliphatic rings. The summed E-state index contributed by atoms with van der Waals surface area (Å²) in [5.41, 5.74) is 0. The van der Waals surface area contributed by atoms with E-state index in [0.717, 1.165) is 19.3 Å². The van der Waals surface area contributed by atoms with Gasteiger partial charge in [-0.15, -0.1) is 0 Å². The van der Waals surface area contributed by atoms with Crippen LogP contribution in [-0.4, -0.2) is 11.2 Å². The van der Waals surface area contributed by atoms with Crippen LogP contribution in [0.3, 0.4) is 0 Å². The van der Waals surface area contributed by atoms with Gasteiger partial charge in [0.25, 0.3) is 0 Å². The van der Waals surface area contributed by atoms with Crippen LogP contribution in [0.4, 0.5) is 0 Å². The monoisotopic (exact) mass is 314 g/mol. The van der Waals surface area contributed by atoms with Crippen molar-refractivity contribution in [2.45, 2.75) is 59.0 Å². The summed E-state index contributed by atoms with van der Waals surface area (Å²) in [5.74, 6) is 0.698. The quantitative estimate of drug-likeness (QED) is 0.330. The zero-order valence-electron chi connectivity index (χ0n) is 15.1. The molecule has 0 fully saturated rings. The van der Waals surface area contributed by atoms with Crippen LogP contribution in [-0.2, 0) is 0 Å². The van der Waals surface area contributed by atoms with Gasteiger partial charge in [-0.2, -0.15) is 0 Å². The van der Waals surface area contributed by atoms with Gasteiger partial charge in [0.1, 0.15) is 0 Å². The Morgan fingerprint density at radius 3 is 2.09 bits per heavy atom. The number of rotatable bonds is 12. The molecular formula is C22H34O. The Kier molecular flexibility index (Phi) is 15.6. The fourth-order valence-electron chi connectivity index (χ4n) is 1.87. The lowest BCUT2D eigenvalue weighted by atomic mass is 10.0. The van der Waals surface area contributed by atoms with E-state index in [2.05, 4.69) is 45.1 Å². The molecule has 0 amide bonds. The van der Waals surface area contributed by atoms with Gasteiger partial charge >= 0.3 is 0 Å². The maximum Gasteiger partial charge on any atom is 0.0905 e. The van der Waals surface area contributed by atoms with Gasteiger partial charge in [-0.3, -0.25) is 0 Å². The van der Waals surface area contributed by atoms with E-state index < -0.39 is 6.10 Å². The van der Waals surface area contributed by atoms with Gasteiger partial charge in [0, 0.05) is 0 Å². The predicted molar refractivity (Wildman–Crippen MR) is 104 cm³/mol. The fourth-order valence-corrected chi connectivity index (χ4v) is 1.87. The van der Waals surface area contributed by atoms with Gasteiger partial charge < -0.3 is 5.11 Å². The summed E-state index contributed by atoms with van der Waals surface area (Å²) < 4.78 is 0. The summed E-state index contributed by atoms with van der Waals surface area (Å²) in [4.78, 5) is 0. The average Bonchev–Trinajstić information content (AvgIpc) is 2.55. The van der Waals surface area contributed by atoms with Gasteiger partial charge in [-0.1, -0.05) is 100 Å². The SMILES string of the molecule is CC/C=C/C(O)/C=C/C=C\C=C\C=C\CC(C)C/C=C\CCC. The van der Waals surface area contributed by atoms with Crippen molar-refractivity contribution >= 4 is 0 Å². The molecule has 0 spiro atoms. The third-order valence-corrected chi connectivity index (χ3v) is 3.27. The predicted octanol–water partition coefficient (Wildman–Crippen LogP) is 6.31. The van der Waals surface area contributed by atoms with E-state index in [0.29, 0.717) is 5.92 Å². The van der Waals surface area contributed by atoms with E-state index >= 15 is 0 Å². The third-order valence-electron chi connectivity index (χ3n) is 3.27. The maximum absolute atomic E-state index is 9.55. The second kappa shape index (κ2) is 16.8. The molecule has 2 atom stereocenters. The van der Waals surface area contributed by atoms with Crippen molar-refractivity contribution in [1.29, 1.82) is 0 Å². The molecule has 0 saturated heterocycles. The van der Waals surface area contributed by atoms with Crippen molar-refractivity contribution in [3.63, 3.8) is 0 Å². The molecule has 0 aliphatic carbocycles. The molecular weight excluding hydrogens is 280 g/mol. The zero-order chi connectivity index (χ0) is 17.2. The van der Waals surface area contributed by atoms with Crippen LogP contribution in [0.2, 0.25) is 0 Å². The number of aliphatic hydroxyl groups is 1. The maximum atomic E-state index is 9.55. The third kappa shape index (κ3) is 16.6. The van der Waals surface area contributed by atoms with Crippen LogP contribution >= 0.6 is 0 Å². The summed E-state index contributed by atoms with van der Waals surface area (Å²) in [7, 11) is 0. The summed E-state index contributed by atoms with van der Waals surface area (Å²) in [5, 5.41) is 9.55. The Balaban J connectivity index is 3.85. The van der Waals surface area contributed by atoms with E-state index in [4.69, 9.17) is 0 Å². The minimum atomic E-state index is -0.490. The molecule has 2 unspecified atom stereocenters. The van der Waals surface area contributed by atoms with Crippen molar-refractivity contribution in [2.24, 2.45) is 5.92 Å². The zero-order valence-corrected chi connectivity index (χ0v) is 15.1. The number of aliphatic hydroxyl groups excluding tert-OH is 1. The minimum absolute atomic E-state index is 0.490. The lowest BCUT2D eigenvalue weighted by Gasteiger charge is -2.03. The molecule has 0 heterocycles. The van der Waals surface area contributed by atoms with E-state index in [1.165, 1.54) is 12.8 Å². The van der Waals surface area contributed by atoms with Crippen LogP contribution in [0, 0.1) is 5.92 Å². The lowest BCUT2D eigenvalue weighted by Crippen LogP contribution is -1.94. The van der Waals surface area contributed by atoms with Crippen molar-refractivity contribution in [3.05, 3.63) is 72.9 Å². The highest BCUT2D eigenvalue weighted by Crippen LogP contribution is 2.09. The number of hydrogen-bond donors (Lipinski definition) is 1. The van der Waals surface area contributed by atoms with Crippen LogP contribution in [0.25, 0.3) is 0 Å². The molecule has 0 bridgehead atoms. The Labute approximate surface area is 143 Å². The molecule has 0 aromatic carbocycles. The molecule has 128 valence electrons. The number of unbranched alkanes of at least 4 members (excludes halogenated alkanes) is 1. The molecule has 0 aliphatic heterocycles. The Morgan fingerprint density at radius 2 is 1.39 bits per heavy atom. The first-order chi connectivity index (χ1) is 11.2. The van der Waals surface area contributed by atoms with Crippen LogP contribution in [0.5, 0.6) is 0 Å². The van der Waals surface area contributed by atoms with E-state index in [9.17, 15) is 5.11 Å². The van der Waals surface area contributed by atoms with E-state index in [-0.39, 0.29) is 0 Å². The van der Waals surface area contributed by atoms with Gasteiger partial charge in [-0.25, -0.2) is 0 Å². The molecule has 1 nitrogen and oxygen atoms in total. The molecule has 0 radical (unpaired) electrons. The van der Waals surface area contributed by atoms with Crippen molar-refractivity contribution in [2.75, 3.05) is 0 Å². The van der Waals surface area contributed by atoms with Crippen LogP contribution < -0.4 is 0 Å². The molecule has 1 heteroatoms. The van der Waals surface area contributed by atoms with Gasteiger partial charge in [-0.05, 0) is 31.6 Å². The summed E-state index contributed by atoms with van der Waals surface area (Å²) in [6, 6.07) is 0. The summed E-state index contributed by atoms with van der Waals surface area (Å²) >= 11 is 0. The highest BCUT2D eigenvalue weighted by atomic mass is 16.3. The number of allylic oxidation sites excluding steroid dienone is 10. The molecule has 23 heavy (non-hydrogen) atoms. The smallest absolute Gasteiger partial charge is 0.0905 e. The standard InChI is InChI=1S/C22H34O/c1-4-6-8-14-17-21(3)18-15-12-10-9-11-13-16-20-22(23)19-7-5-2/h7-16,19-23H,4-6,17-18H2,1-3H3/b10-9+,13-11-,14-8-,15-12+,19-7+,20-16+. The molecule has 0 rings (SSSR count). The highest BCUT2D eigenvalue weighted by Gasteiger charge is 1.94. The first-order valence-corrected chi connectivity index (χ1v) is 8.87. The second-order valence-corrected chi connectivity index (χ2v) is 5.75. The van der Waals surface area contributed by atoms with E-state index in [1.807, 2.05) is 36.5 Å². The first-order valence-electron chi connectivity index (χ1n) is 8.87. The van der Waals surface area contributed by atoms with Crippen molar-refractivity contribution in [3.8, 4) is 0 Å². The Bertz CT molecular complexity index is 421. The normalized spacial score (nSPS) is 16.2. The van der Waals surface area contributed by atoms with Crippen molar-refractivity contribution in [1.82, 2.24) is 0 Å². The first kappa shape index (κ1) is 21.4. The van der Waals surface area contributed by atoms with Crippen LogP contribution in [0.15, 0.2) is 72.9 Å². The van der Waals surface area contributed by atoms with Crippen molar-refractivity contribution < 1.29 is 5.11 Å². The topological polar surface area (TPSA) is 20.2 Å².